The molecule has 1 saturated heterocycles. The Balaban J connectivity index is 1.64. The van der Waals surface area contributed by atoms with E-state index >= 15 is 0 Å². The predicted molar refractivity (Wildman–Crippen MR) is 91.6 cm³/mol. The smallest absolute Gasteiger partial charge is 0.263 e. The molecule has 1 aliphatic rings. The summed E-state index contributed by atoms with van der Waals surface area (Å²) in [7, 11) is 0. The third-order valence-electron chi connectivity index (χ3n) is 4.45. The molecule has 1 aliphatic heterocycles. The first-order valence-electron chi connectivity index (χ1n) is 8.32. The second-order valence-electron chi connectivity index (χ2n) is 6.34. The summed E-state index contributed by atoms with van der Waals surface area (Å²) in [6.07, 6.45) is -0.315. The molecule has 1 aromatic heterocycles. The SMILES string of the molecule is Cc1cccnc1CC1NC(=O)C(Cc2ccc(C(F)F)cc2)NC1=O. The molecular formula is C19H19F2N3O2. The maximum atomic E-state index is 12.6. The van der Waals surface area contributed by atoms with Crippen molar-refractivity contribution in [1.82, 2.24) is 15.6 Å². The van der Waals surface area contributed by atoms with Crippen LogP contribution in [0.2, 0.25) is 0 Å². The number of hydrogen-bond acceptors (Lipinski definition) is 3. The van der Waals surface area contributed by atoms with Gasteiger partial charge in [0.15, 0.2) is 0 Å². The molecule has 2 amide bonds. The number of rotatable bonds is 5. The van der Waals surface area contributed by atoms with E-state index in [2.05, 4.69) is 15.6 Å². The standard InChI is InChI=1S/C19H19F2N3O2/c1-11-3-2-8-22-14(11)10-16-19(26)23-15(18(25)24-16)9-12-4-6-13(7-5-12)17(20)21/h2-8,15-17H,9-10H2,1H3,(H,23,26)(H,24,25). The lowest BCUT2D eigenvalue weighted by Crippen LogP contribution is -2.62. The molecule has 0 bridgehead atoms. The molecule has 7 heteroatoms. The number of hydrogen-bond donors (Lipinski definition) is 2. The summed E-state index contributed by atoms with van der Waals surface area (Å²) in [5.41, 5.74) is 2.34. The molecule has 2 atom stereocenters. The van der Waals surface area contributed by atoms with E-state index in [4.69, 9.17) is 0 Å². The molecule has 136 valence electrons. The van der Waals surface area contributed by atoms with Crippen molar-refractivity contribution in [3.8, 4) is 0 Å². The minimum absolute atomic E-state index is 0.0725. The summed E-state index contributed by atoms with van der Waals surface area (Å²) in [6.45, 7) is 1.90. The monoisotopic (exact) mass is 359 g/mol. The first kappa shape index (κ1) is 18.0. The number of alkyl halides is 2. The average molecular weight is 359 g/mol. The lowest BCUT2D eigenvalue weighted by atomic mass is 9.98. The fraction of sp³-hybridized carbons (Fsp3) is 0.316. The molecule has 1 fully saturated rings. The number of piperazine rings is 1. The van der Waals surface area contributed by atoms with Gasteiger partial charge in [-0.1, -0.05) is 30.3 Å². The molecule has 2 N–H and O–H groups in total. The van der Waals surface area contributed by atoms with Gasteiger partial charge in [-0.3, -0.25) is 14.6 Å². The van der Waals surface area contributed by atoms with Crippen LogP contribution in [0.1, 0.15) is 28.8 Å². The summed E-state index contributed by atoms with van der Waals surface area (Å²) < 4.78 is 25.2. The Bertz CT molecular complexity index is 809. The van der Waals surface area contributed by atoms with Crippen molar-refractivity contribution < 1.29 is 18.4 Å². The van der Waals surface area contributed by atoms with Crippen LogP contribution < -0.4 is 10.6 Å². The Morgan fingerprint density at radius 2 is 1.62 bits per heavy atom. The molecule has 0 radical (unpaired) electrons. The van der Waals surface area contributed by atoms with Crippen LogP contribution in [0.4, 0.5) is 8.78 Å². The highest BCUT2D eigenvalue weighted by atomic mass is 19.3. The highest BCUT2D eigenvalue weighted by Gasteiger charge is 2.34. The lowest BCUT2D eigenvalue weighted by molar-refractivity contribution is -0.136. The zero-order valence-electron chi connectivity index (χ0n) is 14.2. The zero-order chi connectivity index (χ0) is 18.7. The third kappa shape index (κ3) is 4.04. The number of benzene rings is 1. The quantitative estimate of drug-likeness (QED) is 0.859. The van der Waals surface area contributed by atoms with Gasteiger partial charge in [0.1, 0.15) is 12.1 Å². The van der Waals surface area contributed by atoms with Gasteiger partial charge in [0.25, 0.3) is 6.43 Å². The van der Waals surface area contributed by atoms with Crippen molar-refractivity contribution in [2.24, 2.45) is 0 Å². The van der Waals surface area contributed by atoms with Crippen LogP contribution in [-0.2, 0) is 22.4 Å². The number of aryl methyl sites for hydroxylation is 1. The van der Waals surface area contributed by atoms with Crippen LogP contribution in [0.5, 0.6) is 0 Å². The van der Waals surface area contributed by atoms with E-state index in [9.17, 15) is 18.4 Å². The second kappa shape index (κ2) is 7.59. The van der Waals surface area contributed by atoms with Gasteiger partial charge < -0.3 is 10.6 Å². The molecule has 26 heavy (non-hydrogen) atoms. The van der Waals surface area contributed by atoms with E-state index in [1.54, 1.807) is 18.3 Å². The van der Waals surface area contributed by atoms with Gasteiger partial charge in [0.2, 0.25) is 11.8 Å². The molecule has 3 rings (SSSR count). The van der Waals surface area contributed by atoms with Gasteiger partial charge in [-0.25, -0.2) is 8.78 Å². The van der Waals surface area contributed by atoms with Gasteiger partial charge in [0, 0.05) is 30.3 Å². The van der Waals surface area contributed by atoms with Crippen LogP contribution in [0, 0.1) is 6.92 Å². The number of carbonyl (C=O) groups excluding carboxylic acids is 2. The third-order valence-corrected chi connectivity index (χ3v) is 4.45. The number of halogens is 2. The average Bonchev–Trinajstić information content (AvgIpc) is 2.61. The van der Waals surface area contributed by atoms with Gasteiger partial charge in [-0.15, -0.1) is 0 Å². The fourth-order valence-electron chi connectivity index (χ4n) is 2.92. The van der Waals surface area contributed by atoms with Gasteiger partial charge in [-0.2, -0.15) is 0 Å². The molecule has 2 aromatic rings. The molecule has 2 heterocycles. The maximum absolute atomic E-state index is 12.6. The van der Waals surface area contributed by atoms with E-state index in [0.29, 0.717) is 12.0 Å². The molecule has 1 aromatic carbocycles. The van der Waals surface area contributed by atoms with Gasteiger partial charge >= 0.3 is 0 Å². The van der Waals surface area contributed by atoms with Crippen molar-refractivity contribution in [2.45, 2.75) is 38.3 Å². The Morgan fingerprint density at radius 3 is 2.19 bits per heavy atom. The van der Waals surface area contributed by atoms with Crippen LogP contribution in [-0.4, -0.2) is 28.9 Å². The number of pyridine rings is 1. The minimum atomic E-state index is -2.53. The van der Waals surface area contributed by atoms with E-state index in [0.717, 1.165) is 11.3 Å². The van der Waals surface area contributed by atoms with Crippen molar-refractivity contribution in [2.75, 3.05) is 0 Å². The Kier molecular flexibility index (Phi) is 5.25. The van der Waals surface area contributed by atoms with Crippen LogP contribution in [0.15, 0.2) is 42.6 Å². The van der Waals surface area contributed by atoms with Crippen molar-refractivity contribution in [1.29, 1.82) is 0 Å². The Labute approximate surface area is 149 Å². The summed E-state index contributed by atoms with van der Waals surface area (Å²) in [4.78, 5) is 28.9. The van der Waals surface area contributed by atoms with Crippen LogP contribution >= 0.6 is 0 Å². The minimum Gasteiger partial charge on any atom is -0.342 e. The van der Waals surface area contributed by atoms with Gasteiger partial charge in [0.05, 0.1) is 0 Å². The Hall–Kier alpha value is -2.83. The zero-order valence-corrected chi connectivity index (χ0v) is 14.2. The lowest BCUT2D eigenvalue weighted by Gasteiger charge is -2.29. The first-order valence-corrected chi connectivity index (χ1v) is 8.32. The predicted octanol–water partition coefficient (Wildman–Crippen LogP) is 2.10. The topological polar surface area (TPSA) is 71.1 Å². The van der Waals surface area contributed by atoms with E-state index in [1.807, 2.05) is 19.1 Å². The molecule has 0 aliphatic carbocycles. The Morgan fingerprint density at radius 1 is 1.00 bits per heavy atom. The normalized spacial score (nSPS) is 20.0. The highest BCUT2D eigenvalue weighted by molar-refractivity contribution is 5.97. The number of carbonyl (C=O) groups is 2. The molecule has 2 unspecified atom stereocenters. The fourth-order valence-corrected chi connectivity index (χ4v) is 2.92. The molecule has 0 saturated carbocycles. The van der Waals surface area contributed by atoms with E-state index in [-0.39, 0.29) is 23.8 Å². The maximum Gasteiger partial charge on any atom is 0.263 e. The summed E-state index contributed by atoms with van der Waals surface area (Å²) in [5, 5.41) is 5.45. The van der Waals surface area contributed by atoms with Crippen molar-refractivity contribution in [3.63, 3.8) is 0 Å². The van der Waals surface area contributed by atoms with Crippen molar-refractivity contribution >= 4 is 11.8 Å². The number of amides is 2. The summed E-state index contributed by atoms with van der Waals surface area (Å²) in [5.74, 6) is -0.565. The summed E-state index contributed by atoms with van der Waals surface area (Å²) >= 11 is 0. The first-order chi connectivity index (χ1) is 12.4. The summed E-state index contributed by atoms with van der Waals surface area (Å²) in [6, 6.07) is 8.07. The van der Waals surface area contributed by atoms with E-state index < -0.39 is 18.5 Å². The van der Waals surface area contributed by atoms with Crippen LogP contribution in [0.3, 0.4) is 0 Å². The number of nitrogens with one attached hydrogen (secondary N) is 2. The highest BCUT2D eigenvalue weighted by Crippen LogP contribution is 2.19. The second-order valence-corrected chi connectivity index (χ2v) is 6.34. The number of nitrogens with zero attached hydrogens (tertiary/aromatic N) is 1. The van der Waals surface area contributed by atoms with Gasteiger partial charge in [-0.05, 0) is 24.1 Å². The molecular weight excluding hydrogens is 340 g/mol. The molecule has 5 nitrogen and oxygen atoms in total. The molecule has 0 spiro atoms. The number of aromatic nitrogens is 1. The van der Waals surface area contributed by atoms with E-state index in [1.165, 1.54) is 12.1 Å². The largest absolute Gasteiger partial charge is 0.342 e. The van der Waals surface area contributed by atoms with Crippen molar-refractivity contribution in [3.05, 3.63) is 65.0 Å². The van der Waals surface area contributed by atoms with Crippen LogP contribution in [0.25, 0.3) is 0 Å².